The highest BCUT2D eigenvalue weighted by atomic mass is 16.5. The summed E-state index contributed by atoms with van der Waals surface area (Å²) in [6.07, 6.45) is 2.75. The van der Waals surface area contributed by atoms with Crippen molar-refractivity contribution in [3.8, 4) is 0 Å². The predicted molar refractivity (Wildman–Crippen MR) is 116 cm³/mol. The number of nitrogens with one attached hydrogen (secondary N) is 2. The van der Waals surface area contributed by atoms with Crippen LogP contribution in [0.3, 0.4) is 0 Å². The lowest BCUT2D eigenvalue weighted by molar-refractivity contribution is -0.128. The van der Waals surface area contributed by atoms with Crippen molar-refractivity contribution in [3.05, 3.63) is 35.4 Å². The average Bonchev–Trinajstić information content (AvgIpc) is 3.15. The Bertz CT molecular complexity index is 673. The maximum Gasteiger partial charge on any atom is 0.222 e. The third-order valence-electron chi connectivity index (χ3n) is 5.35. The van der Waals surface area contributed by atoms with Crippen molar-refractivity contribution < 1.29 is 9.53 Å². The molecule has 2 aliphatic heterocycles. The summed E-state index contributed by atoms with van der Waals surface area (Å²) < 4.78 is 5.40. The third kappa shape index (κ3) is 7.33. The number of benzene rings is 1. The van der Waals surface area contributed by atoms with Crippen LogP contribution in [0, 0.1) is 0 Å². The Kier molecular flexibility index (Phi) is 8.77. The molecule has 2 saturated heterocycles. The molecule has 7 nitrogen and oxygen atoms in total. The Balaban J connectivity index is 1.46. The van der Waals surface area contributed by atoms with Gasteiger partial charge >= 0.3 is 0 Å². The SMILES string of the molecule is CCNC(=NCc1cccc(CN2CCCC2=O)c1)NCCCN1CCOCC1. The number of carbonyl (C=O) groups excluding carboxylic acids is 1. The first-order valence-corrected chi connectivity index (χ1v) is 10.9. The number of aliphatic imine (C=N–C) groups is 1. The number of ether oxygens (including phenoxy) is 1. The molecule has 2 heterocycles. The van der Waals surface area contributed by atoms with E-state index in [1.807, 2.05) is 4.90 Å². The second kappa shape index (κ2) is 11.8. The molecule has 2 aliphatic rings. The van der Waals surface area contributed by atoms with Gasteiger partial charge in [-0.1, -0.05) is 24.3 Å². The molecule has 0 saturated carbocycles. The second-order valence-corrected chi connectivity index (χ2v) is 7.67. The molecule has 0 spiro atoms. The minimum Gasteiger partial charge on any atom is -0.379 e. The van der Waals surface area contributed by atoms with E-state index in [0.717, 1.165) is 71.3 Å². The van der Waals surface area contributed by atoms with Crippen LogP contribution in [0.2, 0.25) is 0 Å². The number of nitrogens with zero attached hydrogens (tertiary/aromatic N) is 3. The topological polar surface area (TPSA) is 69.2 Å². The van der Waals surface area contributed by atoms with E-state index in [0.29, 0.717) is 19.5 Å². The zero-order valence-electron chi connectivity index (χ0n) is 17.7. The number of morpholine rings is 1. The highest BCUT2D eigenvalue weighted by Gasteiger charge is 2.19. The molecule has 2 fully saturated rings. The summed E-state index contributed by atoms with van der Waals surface area (Å²) in [5.41, 5.74) is 2.34. The highest BCUT2D eigenvalue weighted by molar-refractivity contribution is 5.79. The molecule has 29 heavy (non-hydrogen) atoms. The van der Waals surface area contributed by atoms with Gasteiger partial charge < -0.3 is 20.3 Å². The van der Waals surface area contributed by atoms with Crippen LogP contribution < -0.4 is 10.6 Å². The van der Waals surface area contributed by atoms with Gasteiger partial charge in [0.15, 0.2) is 5.96 Å². The van der Waals surface area contributed by atoms with Crippen molar-refractivity contribution in [3.63, 3.8) is 0 Å². The molecular formula is C22H35N5O2. The zero-order chi connectivity index (χ0) is 20.3. The smallest absolute Gasteiger partial charge is 0.222 e. The van der Waals surface area contributed by atoms with Gasteiger partial charge in [0.25, 0.3) is 0 Å². The van der Waals surface area contributed by atoms with E-state index in [-0.39, 0.29) is 5.91 Å². The van der Waals surface area contributed by atoms with Gasteiger partial charge in [-0.05, 0) is 37.4 Å². The first-order valence-electron chi connectivity index (χ1n) is 10.9. The van der Waals surface area contributed by atoms with E-state index in [2.05, 4.69) is 46.7 Å². The molecule has 0 bridgehead atoms. The number of rotatable bonds is 9. The lowest BCUT2D eigenvalue weighted by Crippen LogP contribution is -2.40. The Hall–Kier alpha value is -2.12. The van der Waals surface area contributed by atoms with Crippen molar-refractivity contribution >= 4 is 11.9 Å². The first kappa shape index (κ1) is 21.6. The van der Waals surface area contributed by atoms with Crippen LogP contribution in [0.15, 0.2) is 29.3 Å². The average molecular weight is 402 g/mol. The predicted octanol–water partition coefficient (Wildman–Crippen LogP) is 1.59. The maximum absolute atomic E-state index is 11.9. The Morgan fingerprint density at radius 2 is 2.00 bits per heavy atom. The fourth-order valence-electron chi connectivity index (χ4n) is 3.76. The minimum atomic E-state index is 0.268. The fraction of sp³-hybridized carbons (Fsp3) is 0.636. The highest BCUT2D eigenvalue weighted by Crippen LogP contribution is 2.15. The number of hydrogen-bond acceptors (Lipinski definition) is 4. The van der Waals surface area contributed by atoms with Crippen LogP contribution in [0.25, 0.3) is 0 Å². The third-order valence-corrected chi connectivity index (χ3v) is 5.35. The van der Waals surface area contributed by atoms with Crippen molar-refractivity contribution in [2.75, 3.05) is 52.5 Å². The quantitative estimate of drug-likeness (QED) is 0.374. The first-order chi connectivity index (χ1) is 14.2. The van der Waals surface area contributed by atoms with Crippen LogP contribution in [0.4, 0.5) is 0 Å². The van der Waals surface area contributed by atoms with Gasteiger partial charge in [-0.25, -0.2) is 4.99 Å². The molecule has 1 aromatic rings. The lowest BCUT2D eigenvalue weighted by Gasteiger charge is -2.26. The van der Waals surface area contributed by atoms with Crippen LogP contribution in [-0.2, 0) is 22.6 Å². The molecule has 0 atom stereocenters. The normalized spacial score (nSPS) is 18.3. The maximum atomic E-state index is 11.9. The molecule has 1 amide bonds. The van der Waals surface area contributed by atoms with Crippen molar-refractivity contribution in [1.29, 1.82) is 0 Å². The fourth-order valence-corrected chi connectivity index (χ4v) is 3.76. The van der Waals surface area contributed by atoms with Gasteiger partial charge in [-0.2, -0.15) is 0 Å². The second-order valence-electron chi connectivity index (χ2n) is 7.67. The largest absolute Gasteiger partial charge is 0.379 e. The molecule has 0 aliphatic carbocycles. The molecule has 0 unspecified atom stereocenters. The molecule has 3 rings (SSSR count). The van der Waals surface area contributed by atoms with Gasteiger partial charge in [0.05, 0.1) is 19.8 Å². The summed E-state index contributed by atoms with van der Waals surface area (Å²) in [7, 11) is 0. The van der Waals surface area contributed by atoms with Gasteiger partial charge in [-0.15, -0.1) is 0 Å². The van der Waals surface area contributed by atoms with Crippen LogP contribution in [0.5, 0.6) is 0 Å². The van der Waals surface area contributed by atoms with Crippen molar-refractivity contribution in [1.82, 2.24) is 20.4 Å². The van der Waals surface area contributed by atoms with E-state index >= 15 is 0 Å². The van der Waals surface area contributed by atoms with Crippen LogP contribution in [0.1, 0.15) is 37.3 Å². The summed E-state index contributed by atoms with van der Waals surface area (Å²) in [5.74, 6) is 1.12. The number of amides is 1. The summed E-state index contributed by atoms with van der Waals surface area (Å²) in [6, 6.07) is 8.41. The number of hydrogen-bond donors (Lipinski definition) is 2. The molecule has 0 radical (unpaired) electrons. The van der Waals surface area contributed by atoms with Gasteiger partial charge in [0.1, 0.15) is 0 Å². The van der Waals surface area contributed by atoms with E-state index in [4.69, 9.17) is 9.73 Å². The lowest BCUT2D eigenvalue weighted by atomic mass is 10.1. The molecule has 0 aromatic heterocycles. The van der Waals surface area contributed by atoms with E-state index in [1.165, 1.54) is 11.1 Å². The Morgan fingerprint density at radius 1 is 1.17 bits per heavy atom. The number of carbonyl (C=O) groups is 1. The van der Waals surface area contributed by atoms with Crippen LogP contribution in [-0.4, -0.2) is 74.1 Å². The summed E-state index contributed by atoms with van der Waals surface area (Å²) in [5, 5.41) is 6.76. The summed E-state index contributed by atoms with van der Waals surface area (Å²) in [6.45, 7) is 10.9. The minimum absolute atomic E-state index is 0.268. The standard InChI is InChI=1S/C22H35N5O2/c1-2-23-22(24-9-5-10-26-12-14-29-15-13-26)25-17-19-6-3-7-20(16-19)18-27-11-4-8-21(27)28/h3,6-7,16H,2,4-5,8-15,17-18H2,1H3,(H2,23,24,25). The van der Waals surface area contributed by atoms with Crippen LogP contribution >= 0.6 is 0 Å². The zero-order valence-corrected chi connectivity index (χ0v) is 17.7. The molecule has 7 heteroatoms. The summed E-state index contributed by atoms with van der Waals surface area (Å²) >= 11 is 0. The Labute approximate surface area is 174 Å². The summed E-state index contributed by atoms with van der Waals surface area (Å²) in [4.78, 5) is 21.0. The van der Waals surface area contributed by atoms with Crippen molar-refractivity contribution in [2.24, 2.45) is 4.99 Å². The van der Waals surface area contributed by atoms with E-state index in [1.54, 1.807) is 0 Å². The number of guanidine groups is 1. The molecule has 160 valence electrons. The molecule has 1 aromatic carbocycles. The molecular weight excluding hydrogens is 366 g/mol. The van der Waals surface area contributed by atoms with Crippen molar-refractivity contribution in [2.45, 2.75) is 39.3 Å². The Morgan fingerprint density at radius 3 is 2.76 bits per heavy atom. The number of likely N-dealkylation sites (tertiary alicyclic amines) is 1. The monoisotopic (exact) mass is 401 g/mol. The van der Waals surface area contributed by atoms with Gasteiger partial charge in [-0.3, -0.25) is 9.69 Å². The molecule has 2 N–H and O–H groups in total. The van der Waals surface area contributed by atoms with Gasteiger partial charge in [0.2, 0.25) is 5.91 Å². The van der Waals surface area contributed by atoms with E-state index in [9.17, 15) is 4.79 Å². The van der Waals surface area contributed by atoms with Gasteiger partial charge in [0, 0.05) is 45.7 Å². The van der Waals surface area contributed by atoms with E-state index < -0.39 is 0 Å².